The lowest BCUT2D eigenvalue weighted by Crippen LogP contribution is -2.46. The van der Waals surface area contributed by atoms with Crippen LogP contribution >= 0.6 is 0 Å². The molecule has 0 saturated carbocycles. The molecule has 1 fully saturated rings. The Morgan fingerprint density at radius 2 is 2.35 bits per heavy atom. The molecule has 0 aromatic heterocycles. The van der Waals surface area contributed by atoms with Crippen LogP contribution in [0.1, 0.15) is 23.7 Å². The maximum Gasteiger partial charge on any atom is 0.258 e. The van der Waals surface area contributed by atoms with Gasteiger partial charge in [0.15, 0.2) is 0 Å². The van der Waals surface area contributed by atoms with E-state index < -0.39 is 17.3 Å². The Bertz CT molecular complexity index is 421. The fourth-order valence-electron chi connectivity index (χ4n) is 1.84. The number of halogens is 1. The quantitative estimate of drug-likeness (QED) is 0.821. The minimum Gasteiger partial charge on any atom is -0.507 e. The minimum absolute atomic E-state index is 0.319. The lowest BCUT2D eigenvalue weighted by molar-refractivity contribution is 0.0883. The zero-order chi connectivity index (χ0) is 12.5. The average molecular weight is 239 g/mol. The Hall–Kier alpha value is -1.62. The van der Waals surface area contributed by atoms with Gasteiger partial charge in [0.2, 0.25) is 0 Å². The SMILES string of the molecule is CC1(NC(=O)c2c(O)cccc2F)CCOC1. The number of nitrogens with one attached hydrogen (secondary N) is 1. The highest BCUT2D eigenvalue weighted by atomic mass is 19.1. The van der Waals surface area contributed by atoms with Gasteiger partial charge < -0.3 is 15.2 Å². The molecule has 2 N–H and O–H groups in total. The van der Waals surface area contributed by atoms with Gasteiger partial charge in [-0.1, -0.05) is 6.07 Å². The van der Waals surface area contributed by atoms with Gasteiger partial charge in [-0.05, 0) is 25.5 Å². The van der Waals surface area contributed by atoms with Crippen molar-refractivity contribution in [2.24, 2.45) is 0 Å². The summed E-state index contributed by atoms with van der Waals surface area (Å²) in [6.45, 7) is 2.80. The second-order valence-corrected chi connectivity index (χ2v) is 4.45. The molecule has 1 amide bonds. The Morgan fingerprint density at radius 1 is 1.59 bits per heavy atom. The van der Waals surface area contributed by atoms with Crippen molar-refractivity contribution in [1.82, 2.24) is 5.32 Å². The number of aromatic hydroxyl groups is 1. The van der Waals surface area contributed by atoms with Crippen LogP contribution in [0.25, 0.3) is 0 Å². The van der Waals surface area contributed by atoms with E-state index in [2.05, 4.69) is 5.32 Å². The maximum absolute atomic E-state index is 13.4. The number of phenolic OH excluding ortho intramolecular Hbond substituents is 1. The summed E-state index contributed by atoms with van der Waals surface area (Å²) in [5.74, 6) is -1.70. The summed E-state index contributed by atoms with van der Waals surface area (Å²) in [4.78, 5) is 11.9. The smallest absolute Gasteiger partial charge is 0.258 e. The maximum atomic E-state index is 13.4. The third-order valence-corrected chi connectivity index (χ3v) is 2.85. The monoisotopic (exact) mass is 239 g/mol. The standard InChI is InChI=1S/C12H14FNO3/c1-12(5-6-17-7-12)14-11(16)10-8(13)3-2-4-9(10)15/h2-4,15H,5-7H2,1H3,(H,14,16). The van der Waals surface area contributed by atoms with E-state index in [1.54, 1.807) is 0 Å². The van der Waals surface area contributed by atoms with Gasteiger partial charge >= 0.3 is 0 Å². The lowest BCUT2D eigenvalue weighted by atomic mass is 10.0. The number of phenols is 1. The molecule has 4 nitrogen and oxygen atoms in total. The Kier molecular flexibility index (Phi) is 3.02. The summed E-state index contributed by atoms with van der Waals surface area (Å²) in [5.41, 5.74) is -0.813. The molecule has 1 atom stereocenters. The van der Waals surface area contributed by atoms with Gasteiger partial charge in [-0.3, -0.25) is 4.79 Å². The fraction of sp³-hybridized carbons (Fsp3) is 0.417. The third kappa shape index (κ3) is 2.39. The molecule has 1 aliphatic rings. The van der Waals surface area contributed by atoms with Gasteiger partial charge in [0.05, 0.1) is 12.1 Å². The molecule has 0 aliphatic carbocycles. The Morgan fingerprint density at radius 3 is 2.94 bits per heavy atom. The van der Waals surface area contributed by atoms with Crippen molar-refractivity contribution in [2.75, 3.05) is 13.2 Å². The largest absolute Gasteiger partial charge is 0.507 e. The van der Waals surface area contributed by atoms with Crippen LogP contribution in [0.5, 0.6) is 5.75 Å². The molecule has 1 aromatic carbocycles. The molecule has 0 spiro atoms. The predicted octanol–water partition coefficient (Wildman–Crippen LogP) is 1.44. The summed E-state index contributed by atoms with van der Waals surface area (Å²) in [6.07, 6.45) is 0.675. The summed E-state index contributed by atoms with van der Waals surface area (Å²) in [5, 5.41) is 12.2. The molecule has 1 unspecified atom stereocenters. The van der Waals surface area contributed by atoms with E-state index in [0.717, 1.165) is 6.07 Å². The van der Waals surface area contributed by atoms with Gasteiger partial charge in [-0.15, -0.1) is 0 Å². The van der Waals surface area contributed by atoms with E-state index in [9.17, 15) is 14.3 Å². The average Bonchev–Trinajstić information content (AvgIpc) is 2.64. The summed E-state index contributed by atoms with van der Waals surface area (Å²) < 4.78 is 18.6. The predicted molar refractivity (Wildman–Crippen MR) is 59.4 cm³/mol. The van der Waals surface area contributed by atoms with Crippen LogP contribution in [0.4, 0.5) is 4.39 Å². The summed E-state index contributed by atoms with van der Waals surface area (Å²) in [6, 6.07) is 3.77. The number of carbonyl (C=O) groups is 1. The molecule has 5 heteroatoms. The number of ether oxygens (including phenoxy) is 1. The minimum atomic E-state index is -0.731. The molecule has 17 heavy (non-hydrogen) atoms. The lowest BCUT2D eigenvalue weighted by Gasteiger charge is -2.23. The van der Waals surface area contributed by atoms with Crippen molar-refractivity contribution in [3.63, 3.8) is 0 Å². The number of hydrogen-bond donors (Lipinski definition) is 2. The molecular formula is C12H14FNO3. The van der Waals surface area contributed by atoms with Crippen LogP contribution in [0.15, 0.2) is 18.2 Å². The Balaban J connectivity index is 2.20. The zero-order valence-corrected chi connectivity index (χ0v) is 9.50. The fourth-order valence-corrected chi connectivity index (χ4v) is 1.84. The number of carbonyl (C=O) groups excluding carboxylic acids is 1. The molecule has 1 heterocycles. The van der Waals surface area contributed by atoms with E-state index in [4.69, 9.17) is 4.74 Å². The van der Waals surface area contributed by atoms with Crippen LogP contribution in [-0.2, 0) is 4.74 Å². The number of amides is 1. The van der Waals surface area contributed by atoms with Crippen molar-refractivity contribution in [3.05, 3.63) is 29.6 Å². The highest BCUT2D eigenvalue weighted by Crippen LogP contribution is 2.23. The van der Waals surface area contributed by atoms with Crippen molar-refractivity contribution in [1.29, 1.82) is 0 Å². The molecule has 2 rings (SSSR count). The first-order chi connectivity index (χ1) is 8.02. The van der Waals surface area contributed by atoms with Gasteiger partial charge in [0.25, 0.3) is 5.91 Å². The van der Waals surface area contributed by atoms with E-state index in [1.165, 1.54) is 12.1 Å². The molecule has 0 bridgehead atoms. The first kappa shape index (κ1) is 11.9. The summed E-state index contributed by atoms with van der Waals surface area (Å²) in [7, 11) is 0. The first-order valence-electron chi connectivity index (χ1n) is 5.40. The molecule has 92 valence electrons. The molecule has 0 radical (unpaired) electrons. The van der Waals surface area contributed by atoms with Crippen molar-refractivity contribution in [3.8, 4) is 5.75 Å². The van der Waals surface area contributed by atoms with Crippen LogP contribution in [0.3, 0.4) is 0 Å². The third-order valence-electron chi connectivity index (χ3n) is 2.85. The molecular weight excluding hydrogens is 225 g/mol. The number of rotatable bonds is 2. The molecule has 1 saturated heterocycles. The molecule has 1 aliphatic heterocycles. The van der Waals surface area contributed by atoms with Crippen molar-refractivity contribution in [2.45, 2.75) is 18.9 Å². The zero-order valence-electron chi connectivity index (χ0n) is 9.50. The van der Waals surface area contributed by atoms with E-state index in [1.807, 2.05) is 6.92 Å². The first-order valence-corrected chi connectivity index (χ1v) is 5.40. The van der Waals surface area contributed by atoms with Crippen LogP contribution < -0.4 is 5.32 Å². The molecule has 1 aromatic rings. The highest BCUT2D eigenvalue weighted by molar-refractivity contribution is 5.97. The van der Waals surface area contributed by atoms with Crippen LogP contribution in [0.2, 0.25) is 0 Å². The van der Waals surface area contributed by atoms with Gasteiger partial charge in [0, 0.05) is 6.61 Å². The number of benzene rings is 1. The normalized spacial score (nSPS) is 23.6. The van der Waals surface area contributed by atoms with E-state index in [-0.39, 0.29) is 11.3 Å². The second-order valence-electron chi connectivity index (χ2n) is 4.45. The van der Waals surface area contributed by atoms with Crippen molar-refractivity contribution >= 4 is 5.91 Å². The highest BCUT2D eigenvalue weighted by Gasteiger charge is 2.32. The van der Waals surface area contributed by atoms with E-state index >= 15 is 0 Å². The second kappa shape index (κ2) is 4.33. The van der Waals surface area contributed by atoms with E-state index in [0.29, 0.717) is 19.6 Å². The van der Waals surface area contributed by atoms with Gasteiger partial charge in [-0.25, -0.2) is 4.39 Å². The van der Waals surface area contributed by atoms with Gasteiger partial charge in [-0.2, -0.15) is 0 Å². The Labute approximate surface area is 98.4 Å². The summed E-state index contributed by atoms with van der Waals surface area (Å²) >= 11 is 0. The van der Waals surface area contributed by atoms with Crippen LogP contribution in [0, 0.1) is 5.82 Å². The van der Waals surface area contributed by atoms with Gasteiger partial charge in [0.1, 0.15) is 17.1 Å². The van der Waals surface area contributed by atoms with Crippen molar-refractivity contribution < 1.29 is 19.0 Å². The number of hydrogen-bond acceptors (Lipinski definition) is 3. The topological polar surface area (TPSA) is 58.6 Å². The van der Waals surface area contributed by atoms with Crippen LogP contribution in [-0.4, -0.2) is 29.8 Å².